The summed E-state index contributed by atoms with van der Waals surface area (Å²) in [6.07, 6.45) is -1.66. The monoisotopic (exact) mass is 479 g/mol. The van der Waals surface area contributed by atoms with Crippen molar-refractivity contribution in [2.75, 3.05) is 12.4 Å². The van der Waals surface area contributed by atoms with Crippen LogP contribution in [-0.2, 0) is 19.1 Å². The second kappa shape index (κ2) is 9.05. The van der Waals surface area contributed by atoms with E-state index in [0.29, 0.717) is 42.5 Å². The molecule has 0 aliphatic carbocycles. The van der Waals surface area contributed by atoms with Crippen molar-refractivity contribution in [2.45, 2.75) is 38.4 Å². The SMILES string of the molecule is COc1cc(Nc2nc3n(n2)CCC(c2ccccc2C(F)(F)F)C3)ccc1-c1ccnc(C)c1. The van der Waals surface area contributed by atoms with Crippen molar-refractivity contribution in [3.63, 3.8) is 0 Å². The van der Waals surface area contributed by atoms with E-state index in [1.165, 1.54) is 6.07 Å². The number of ether oxygens (including phenoxy) is 1. The van der Waals surface area contributed by atoms with Crippen LogP contribution in [0.4, 0.5) is 24.8 Å². The summed E-state index contributed by atoms with van der Waals surface area (Å²) in [6.45, 7) is 2.44. The van der Waals surface area contributed by atoms with Crippen LogP contribution in [0.1, 0.15) is 35.0 Å². The minimum Gasteiger partial charge on any atom is -0.496 e. The summed E-state index contributed by atoms with van der Waals surface area (Å²) in [5, 5.41) is 7.72. The molecule has 1 aliphatic rings. The molecule has 0 saturated carbocycles. The Morgan fingerprint density at radius 3 is 2.69 bits per heavy atom. The van der Waals surface area contributed by atoms with Crippen molar-refractivity contribution in [2.24, 2.45) is 0 Å². The summed E-state index contributed by atoms with van der Waals surface area (Å²) >= 11 is 0. The fourth-order valence-corrected chi connectivity index (χ4v) is 4.58. The van der Waals surface area contributed by atoms with Gasteiger partial charge in [0.25, 0.3) is 0 Å². The molecular formula is C26H24F3N5O. The number of anilines is 2. The van der Waals surface area contributed by atoms with Gasteiger partial charge in [-0.1, -0.05) is 18.2 Å². The third-order valence-electron chi connectivity index (χ3n) is 6.24. The molecule has 0 bridgehead atoms. The van der Waals surface area contributed by atoms with Crippen molar-refractivity contribution in [3.8, 4) is 16.9 Å². The number of rotatable bonds is 5. The number of aromatic nitrogens is 4. The van der Waals surface area contributed by atoms with Crippen molar-refractivity contribution in [1.29, 1.82) is 0 Å². The van der Waals surface area contributed by atoms with Gasteiger partial charge in [-0.2, -0.15) is 18.2 Å². The molecule has 1 unspecified atom stereocenters. The first-order valence-electron chi connectivity index (χ1n) is 11.3. The van der Waals surface area contributed by atoms with Crippen molar-refractivity contribution >= 4 is 11.6 Å². The molecule has 180 valence electrons. The number of aryl methyl sites for hydroxylation is 2. The number of hydrogen-bond donors (Lipinski definition) is 1. The Morgan fingerprint density at radius 2 is 1.91 bits per heavy atom. The topological polar surface area (TPSA) is 64.9 Å². The number of fused-ring (bicyclic) bond motifs is 1. The number of methoxy groups -OCH3 is 1. The molecule has 1 aliphatic heterocycles. The lowest BCUT2D eigenvalue weighted by Crippen LogP contribution is -2.21. The van der Waals surface area contributed by atoms with Gasteiger partial charge in [-0.3, -0.25) is 4.98 Å². The van der Waals surface area contributed by atoms with E-state index in [1.807, 2.05) is 37.3 Å². The highest BCUT2D eigenvalue weighted by molar-refractivity contribution is 5.74. The van der Waals surface area contributed by atoms with E-state index in [9.17, 15) is 13.2 Å². The summed E-state index contributed by atoms with van der Waals surface area (Å²) in [4.78, 5) is 8.81. The van der Waals surface area contributed by atoms with Crippen LogP contribution in [0.15, 0.2) is 60.8 Å². The smallest absolute Gasteiger partial charge is 0.416 e. The van der Waals surface area contributed by atoms with E-state index in [1.54, 1.807) is 30.1 Å². The van der Waals surface area contributed by atoms with Gasteiger partial charge >= 0.3 is 6.18 Å². The molecule has 1 N–H and O–H groups in total. The number of halogens is 3. The summed E-state index contributed by atoms with van der Waals surface area (Å²) in [7, 11) is 1.61. The highest BCUT2D eigenvalue weighted by Crippen LogP contribution is 2.39. The van der Waals surface area contributed by atoms with Crippen molar-refractivity contribution in [1.82, 2.24) is 19.7 Å². The van der Waals surface area contributed by atoms with E-state index in [4.69, 9.17) is 4.74 Å². The number of pyridine rings is 1. The summed E-state index contributed by atoms with van der Waals surface area (Å²) in [6, 6.07) is 15.4. The first kappa shape index (κ1) is 22.9. The normalized spacial score (nSPS) is 15.5. The molecule has 0 fully saturated rings. The number of benzene rings is 2. The molecule has 0 amide bonds. The van der Waals surface area contributed by atoms with Gasteiger partial charge in [0.15, 0.2) is 0 Å². The Kier molecular flexibility index (Phi) is 5.92. The predicted octanol–water partition coefficient (Wildman–Crippen LogP) is 6.15. The molecule has 5 rings (SSSR count). The number of hydrogen-bond acceptors (Lipinski definition) is 5. The lowest BCUT2D eigenvalue weighted by Gasteiger charge is -2.25. The first-order chi connectivity index (χ1) is 16.8. The van der Waals surface area contributed by atoms with E-state index < -0.39 is 11.7 Å². The van der Waals surface area contributed by atoms with Crippen LogP contribution >= 0.6 is 0 Å². The van der Waals surface area contributed by atoms with E-state index in [2.05, 4.69) is 20.4 Å². The standard InChI is InChI=1S/C26H24F3N5O/c1-16-13-17(9-11-30-16)21-8-7-19(15-23(21)35-2)31-25-32-24-14-18(10-12-34(24)33-25)20-5-3-4-6-22(20)26(27,28)29/h3-9,11,13,15,18H,10,12,14H2,1-2H3,(H,31,33). The minimum absolute atomic E-state index is 0.263. The zero-order valence-electron chi connectivity index (χ0n) is 19.3. The fraction of sp³-hybridized carbons (Fsp3) is 0.269. The van der Waals surface area contributed by atoms with Crippen molar-refractivity contribution < 1.29 is 17.9 Å². The van der Waals surface area contributed by atoms with Crippen LogP contribution in [0.5, 0.6) is 5.75 Å². The first-order valence-corrected chi connectivity index (χ1v) is 11.3. The molecule has 0 radical (unpaired) electrons. The van der Waals surface area contributed by atoms with Gasteiger partial charge in [0.1, 0.15) is 11.6 Å². The maximum Gasteiger partial charge on any atom is 0.416 e. The molecule has 2 aromatic heterocycles. The highest BCUT2D eigenvalue weighted by Gasteiger charge is 2.36. The molecule has 6 nitrogen and oxygen atoms in total. The average Bonchev–Trinajstić information content (AvgIpc) is 3.25. The Hall–Kier alpha value is -3.88. The summed E-state index contributed by atoms with van der Waals surface area (Å²) in [5.41, 5.74) is 3.34. The maximum absolute atomic E-state index is 13.5. The van der Waals surface area contributed by atoms with Gasteiger partial charge in [0.2, 0.25) is 5.95 Å². The molecule has 35 heavy (non-hydrogen) atoms. The second-order valence-electron chi connectivity index (χ2n) is 8.58. The van der Waals surface area contributed by atoms with Gasteiger partial charge in [-0.25, -0.2) is 4.68 Å². The third kappa shape index (κ3) is 4.71. The van der Waals surface area contributed by atoms with E-state index in [0.717, 1.165) is 28.6 Å². The lowest BCUT2D eigenvalue weighted by molar-refractivity contribution is -0.138. The van der Waals surface area contributed by atoms with Crippen LogP contribution in [0.25, 0.3) is 11.1 Å². The van der Waals surface area contributed by atoms with Crippen LogP contribution in [0, 0.1) is 6.92 Å². The van der Waals surface area contributed by atoms with Crippen LogP contribution < -0.4 is 10.1 Å². The Morgan fingerprint density at radius 1 is 1.09 bits per heavy atom. The van der Waals surface area contributed by atoms with Gasteiger partial charge in [-0.05, 0) is 60.7 Å². The largest absolute Gasteiger partial charge is 0.496 e. The summed E-state index contributed by atoms with van der Waals surface area (Å²) in [5.74, 6) is 1.49. The predicted molar refractivity (Wildman–Crippen MR) is 127 cm³/mol. The zero-order valence-corrected chi connectivity index (χ0v) is 19.3. The molecule has 2 aromatic carbocycles. The number of nitrogens with one attached hydrogen (secondary N) is 1. The van der Waals surface area contributed by atoms with Gasteiger partial charge in [-0.15, -0.1) is 5.10 Å². The molecule has 1 atom stereocenters. The van der Waals surface area contributed by atoms with E-state index in [-0.39, 0.29) is 5.92 Å². The van der Waals surface area contributed by atoms with Gasteiger partial charge < -0.3 is 10.1 Å². The zero-order chi connectivity index (χ0) is 24.6. The molecular weight excluding hydrogens is 455 g/mol. The van der Waals surface area contributed by atoms with Crippen molar-refractivity contribution in [3.05, 3.63) is 83.4 Å². The second-order valence-corrected chi connectivity index (χ2v) is 8.58. The number of nitrogens with zero attached hydrogens (tertiary/aromatic N) is 4. The average molecular weight is 480 g/mol. The van der Waals surface area contributed by atoms with Gasteiger partial charge in [0.05, 0.1) is 12.7 Å². The Labute approximate surface area is 200 Å². The van der Waals surface area contributed by atoms with E-state index >= 15 is 0 Å². The Balaban J connectivity index is 1.36. The quantitative estimate of drug-likeness (QED) is 0.372. The third-order valence-corrected chi connectivity index (χ3v) is 6.24. The molecule has 0 spiro atoms. The van der Waals surface area contributed by atoms with Crippen LogP contribution in [0.2, 0.25) is 0 Å². The summed E-state index contributed by atoms with van der Waals surface area (Å²) < 4.78 is 47.9. The maximum atomic E-state index is 13.5. The lowest BCUT2D eigenvalue weighted by atomic mass is 9.87. The molecule has 0 saturated heterocycles. The van der Waals surface area contributed by atoms with Crippen LogP contribution in [-0.4, -0.2) is 26.9 Å². The minimum atomic E-state index is -4.38. The van der Waals surface area contributed by atoms with Crippen LogP contribution in [0.3, 0.4) is 0 Å². The molecule has 4 aromatic rings. The number of alkyl halides is 3. The molecule has 3 heterocycles. The fourth-order valence-electron chi connectivity index (χ4n) is 4.58. The molecule has 9 heteroatoms. The van der Waals surface area contributed by atoms with Gasteiger partial charge in [0, 0.05) is 42.2 Å². The Bertz CT molecular complexity index is 1370. The highest BCUT2D eigenvalue weighted by atomic mass is 19.4.